The number of hydrogen-bond donors (Lipinski definition) is 3. The molecule has 0 unspecified atom stereocenters. The van der Waals surface area contributed by atoms with Crippen LogP contribution in [0.2, 0.25) is 0 Å². The van der Waals surface area contributed by atoms with Crippen molar-refractivity contribution in [2.24, 2.45) is 0 Å². The van der Waals surface area contributed by atoms with Crippen LogP contribution in [0.25, 0.3) is 0 Å². The van der Waals surface area contributed by atoms with E-state index in [1.165, 1.54) is 6.07 Å². The normalized spacial score (nSPS) is 15.8. The number of nitrogens with one attached hydrogen (secondary N) is 2. The number of carbonyl (C=O) groups is 2. The number of urea groups is 1. The quantitative estimate of drug-likeness (QED) is 0.603. The average molecular weight is 412 g/mol. The molecule has 0 spiro atoms. The summed E-state index contributed by atoms with van der Waals surface area (Å²) < 4.78 is 16.0. The first-order valence-corrected chi connectivity index (χ1v) is 9.47. The van der Waals surface area contributed by atoms with Crippen molar-refractivity contribution in [3.8, 4) is 17.2 Å². The van der Waals surface area contributed by atoms with Gasteiger partial charge in [-0.05, 0) is 49.2 Å². The number of carbonyl (C=O) groups excluding carboxylic acids is 2. The van der Waals surface area contributed by atoms with Gasteiger partial charge < -0.3 is 30.0 Å². The van der Waals surface area contributed by atoms with Crippen molar-refractivity contribution in [2.75, 3.05) is 13.7 Å². The third-order valence-corrected chi connectivity index (χ3v) is 4.64. The summed E-state index contributed by atoms with van der Waals surface area (Å²) in [6.07, 6.45) is 0. The van der Waals surface area contributed by atoms with Gasteiger partial charge in [0.25, 0.3) is 0 Å². The van der Waals surface area contributed by atoms with Gasteiger partial charge in [0.05, 0.1) is 25.3 Å². The van der Waals surface area contributed by atoms with Gasteiger partial charge in [-0.25, -0.2) is 9.59 Å². The van der Waals surface area contributed by atoms with Crippen molar-refractivity contribution < 1.29 is 28.9 Å². The third-order valence-electron chi connectivity index (χ3n) is 4.64. The molecule has 2 aromatic rings. The molecule has 1 aliphatic heterocycles. The molecule has 8 nitrogen and oxygen atoms in total. The van der Waals surface area contributed by atoms with E-state index < -0.39 is 18.0 Å². The summed E-state index contributed by atoms with van der Waals surface area (Å²) in [6.45, 7) is 3.87. The smallest absolute Gasteiger partial charge is 0.338 e. The van der Waals surface area contributed by atoms with Crippen LogP contribution in [0.4, 0.5) is 4.79 Å². The highest BCUT2D eigenvalue weighted by molar-refractivity contribution is 5.95. The van der Waals surface area contributed by atoms with Crippen molar-refractivity contribution in [1.29, 1.82) is 0 Å². The summed E-state index contributed by atoms with van der Waals surface area (Å²) in [5.41, 5.74) is 2.06. The summed E-state index contributed by atoms with van der Waals surface area (Å²) in [6, 6.07) is 10.7. The molecule has 3 rings (SSSR count). The Bertz CT molecular complexity index is 968. The van der Waals surface area contributed by atoms with E-state index in [-0.39, 0.29) is 23.7 Å². The largest absolute Gasteiger partial charge is 0.504 e. The Balaban J connectivity index is 1.84. The van der Waals surface area contributed by atoms with Gasteiger partial charge in [-0.3, -0.25) is 0 Å². The van der Waals surface area contributed by atoms with E-state index in [4.69, 9.17) is 14.2 Å². The summed E-state index contributed by atoms with van der Waals surface area (Å²) >= 11 is 0. The highest BCUT2D eigenvalue weighted by atomic mass is 16.5. The SMILES string of the molecule is CCOc1cc([C@H]2NC(=O)NC(C)=C2C(=O)OCc2ccc(OC)cc2)ccc1O. The van der Waals surface area contributed by atoms with E-state index in [2.05, 4.69) is 10.6 Å². The monoisotopic (exact) mass is 412 g/mol. The lowest BCUT2D eigenvalue weighted by molar-refractivity contribution is -0.140. The minimum absolute atomic E-state index is 0.0230. The number of aromatic hydroxyl groups is 1. The van der Waals surface area contributed by atoms with Gasteiger partial charge in [-0.15, -0.1) is 0 Å². The molecule has 0 saturated heterocycles. The molecule has 1 aliphatic rings. The number of amides is 2. The summed E-state index contributed by atoms with van der Waals surface area (Å²) in [5.74, 6) is 0.392. The van der Waals surface area contributed by atoms with Crippen LogP contribution in [0.5, 0.6) is 17.2 Å². The molecular formula is C22H24N2O6. The van der Waals surface area contributed by atoms with Crippen molar-refractivity contribution in [1.82, 2.24) is 10.6 Å². The van der Waals surface area contributed by atoms with Crippen molar-refractivity contribution in [3.63, 3.8) is 0 Å². The summed E-state index contributed by atoms with van der Waals surface area (Å²) in [7, 11) is 1.58. The first-order valence-electron chi connectivity index (χ1n) is 9.47. The maximum absolute atomic E-state index is 12.9. The number of rotatable bonds is 7. The van der Waals surface area contributed by atoms with Gasteiger partial charge in [0.2, 0.25) is 0 Å². The maximum Gasteiger partial charge on any atom is 0.338 e. The van der Waals surface area contributed by atoms with Crippen LogP contribution in [0, 0.1) is 0 Å². The number of methoxy groups -OCH3 is 1. The zero-order chi connectivity index (χ0) is 21.7. The molecule has 1 atom stereocenters. The van der Waals surface area contributed by atoms with Crippen molar-refractivity contribution in [2.45, 2.75) is 26.5 Å². The van der Waals surface area contributed by atoms with E-state index in [0.29, 0.717) is 23.6 Å². The molecule has 0 radical (unpaired) electrons. The van der Waals surface area contributed by atoms with E-state index in [1.807, 2.05) is 0 Å². The fourth-order valence-corrected chi connectivity index (χ4v) is 3.14. The second-order valence-corrected chi connectivity index (χ2v) is 6.65. The Hall–Kier alpha value is -3.68. The molecule has 0 bridgehead atoms. The maximum atomic E-state index is 12.9. The predicted molar refractivity (Wildman–Crippen MR) is 109 cm³/mol. The van der Waals surface area contributed by atoms with Crippen LogP contribution in [0.3, 0.4) is 0 Å². The minimum atomic E-state index is -0.748. The van der Waals surface area contributed by atoms with Crippen LogP contribution in [-0.2, 0) is 16.1 Å². The molecule has 2 aromatic carbocycles. The summed E-state index contributed by atoms with van der Waals surface area (Å²) in [5, 5.41) is 15.3. The van der Waals surface area contributed by atoms with Crippen LogP contribution >= 0.6 is 0 Å². The number of esters is 1. The summed E-state index contributed by atoms with van der Waals surface area (Å²) in [4.78, 5) is 24.9. The van der Waals surface area contributed by atoms with Crippen LogP contribution in [0.15, 0.2) is 53.7 Å². The van der Waals surface area contributed by atoms with Crippen LogP contribution in [0.1, 0.15) is 31.0 Å². The molecule has 2 amide bonds. The third kappa shape index (κ3) is 4.65. The second kappa shape index (κ2) is 9.21. The van der Waals surface area contributed by atoms with E-state index in [0.717, 1.165) is 5.56 Å². The molecule has 0 aliphatic carbocycles. The van der Waals surface area contributed by atoms with Crippen LogP contribution in [-0.4, -0.2) is 30.8 Å². The Morgan fingerprint density at radius 1 is 1.17 bits per heavy atom. The molecule has 8 heteroatoms. The molecule has 30 heavy (non-hydrogen) atoms. The van der Waals surface area contributed by atoms with Crippen molar-refractivity contribution in [3.05, 3.63) is 64.9 Å². The predicted octanol–water partition coefficient (Wildman–Crippen LogP) is 3.17. The molecule has 0 aromatic heterocycles. The lowest BCUT2D eigenvalue weighted by Crippen LogP contribution is -2.45. The Labute approximate surface area is 174 Å². The number of benzene rings is 2. The van der Waals surface area contributed by atoms with Gasteiger partial charge >= 0.3 is 12.0 Å². The number of phenols is 1. The zero-order valence-corrected chi connectivity index (χ0v) is 17.0. The molecule has 158 valence electrons. The van der Waals surface area contributed by atoms with Gasteiger partial charge in [0, 0.05) is 5.70 Å². The van der Waals surface area contributed by atoms with Crippen molar-refractivity contribution >= 4 is 12.0 Å². The Morgan fingerprint density at radius 3 is 2.57 bits per heavy atom. The van der Waals surface area contributed by atoms with E-state index >= 15 is 0 Å². The average Bonchev–Trinajstić information content (AvgIpc) is 2.73. The first kappa shape index (κ1) is 21.0. The van der Waals surface area contributed by atoms with E-state index in [9.17, 15) is 14.7 Å². The number of ether oxygens (including phenoxy) is 3. The number of allylic oxidation sites excluding steroid dienone is 1. The fourth-order valence-electron chi connectivity index (χ4n) is 3.14. The van der Waals surface area contributed by atoms with E-state index in [1.54, 1.807) is 57.4 Å². The molecular weight excluding hydrogens is 388 g/mol. The highest BCUT2D eigenvalue weighted by Crippen LogP contribution is 2.34. The molecule has 0 saturated carbocycles. The Morgan fingerprint density at radius 2 is 1.90 bits per heavy atom. The molecule has 1 heterocycles. The lowest BCUT2D eigenvalue weighted by Gasteiger charge is -2.28. The van der Waals surface area contributed by atoms with Gasteiger partial charge in [-0.1, -0.05) is 18.2 Å². The first-order chi connectivity index (χ1) is 14.4. The zero-order valence-electron chi connectivity index (χ0n) is 17.0. The lowest BCUT2D eigenvalue weighted by atomic mass is 9.95. The Kier molecular flexibility index (Phi) is 6.46. The van der Waals surface area contributed by atoms with Crippen LogP contribution < -0.4 is 20.1 Å². The molecule has 3 N–H and O–H groups in total. The van der Waals surface area contributed by atoms with Gasteiger partial charge in [0.1, 0.15) is 12.4 Å². The topological polar surface area (TPSA) is 106 Å². The number of phenolic OH excluding ortho intramolecular Hbond substituents is 1. The second-order valence-electron chi connectivity index (χ2n) is 6.65. The van der Waals surface area contributed by atoms with Gasteiger partial charge in [0.15, 0.2) is 11.5 Å². The minimum Gasteiger partial charge on any atom is -0.504 e. The fraction of sp³-hybridized carbons (Fsp3) is 0.273. The molecule has 0 fully saturated rings. The number of hydrogen-bond acceptors (Lipinski definition) is 6. The van der Waals surface area contributed by atoms with Gasteiger partial charge in [-0.2, -0.15) is 0 Å². The standard InChI is InChI=1S/C22H24N2O6/c1-4-29-18-11-15(7-10-17(18)25)20-19(13(2)23-22(27)24-20)21(26)30-12-14-5-8-16(28-3)9-6-14/h5-11,20,25H,4,12H2,1-3H3,(H2,23,24,27)/t20-/m1/s1. The highest BCUT2D eigenvalue weighted by Gasteiger charge is 2.32.